The summed E-state index contributed by atoms with van der Waals surface area (Å²) in [6, 6.07) is 12.5. The molecule has 1 amide bonds. The molecule has 2 aromatic carbocycles. The van der Waals surface area contributed by atoms with Gasteiger partial charge < -0.3 is 15.2 Å². The number of aryl methyl sites for hydroxylation is 2. The molecular formula is C19H21NO4. The summed E-state index contributed by atoms with van der Waals surface area (Å²) in [6.07, 6.45) is 0.623. The molecule has 2 aromatic rings. The highest BCUT2D eigenvalue weighted by Crippen LogP contribution is 2.19. The summed E-state index contributed by atoms with van der Waals surface area (Å²) < 4.78 is 5.31. The summed E-state index contributed by atoms with van der Waals surface area (Å²) in [4.78, 5) is 23.2. The first-order chi connectivity index (χ1) is 11.5. The number of aromatic carboxylic acids is 1. The average molecular weight is 327 g/mol. The van der Waals surface area contributed by atoms with Crippen LogP contribution in [-0.2, 0) is 17.8 Å². The van der Waals surface area contributed by atoms with Crippen molar-refractivity contribution in [3.63, 3.8) is 0 Å². The zero-order valence-corrected chi connectivity index (χ0v) is 13.8. The van der Waals surface area contributed by atoms with Crippen LogP contribution < -0.4 is 10.1 Å². The predicted molar refractivity (Wildman–Crippen MR) is 91.3 cm³/mol. The van der Waals surface area contributed by atoms with Crippen molar-refractivity contribution in [1.29, 1.82) is 0 Å². The summed E-state index contributed by atoms with van der Waals surface area (Å²) >= 11 is 0. The molecule has 0 aliphatic rings. The third-order valence-corrected chi connectivity index (χ3v) is 3.79. The van der Waals surface area contributed by atoms with Crippen molar-refractivity contribution in [3.8, 4) is 5.75 Å². The van der Waals surface area contributed by atoms with E-state index in [1.807, 2.05) is 25.1 Å². The Hall–Kier alpha value is -2.82. The highest BCUT2D eigenvalue weighted by Gasteiger charge is 2.11. The minimum Gasteiger partial charge on any atom is -0.496 e. The summed E-state index contributed by atoms with van der Waals surface area (Å²) in [7, 11) is 1.60. The molecule has 0 aliphatic carbocycles. The molecule has 0 saturated heterocycles. The molecule has 0 radical (unpaired) electrons. The second-order valence-corrected chi connectivity index (χ2v) is 5.55. The molecule has 2 N–H and O–H groups in total. The van der Waals surface area contributed by atoms with Crippen LogP contribution in [-0.4, -0.2) is 24.1 Å². The molecule has 24 heavy (non-hydrogen) atoms. The van der Waals surface area contributed by atoms with Crippen LogP contribution in [0.4, 0.5) is 0 Å². The molecule has 0 fully saturated rings. The molecule has 0 atom stereocenters. The van der Waals surface area contributed by atoms with Crippen molar-refractivity contribution in [2.75, 3.05) is 7.11 Å². The van der Waals surface area contributed by atoms with E-state index < -0.39 is 5.97 Å². The lowest BCUT2D eigenvalue weighted by atomic mass is 10.0. The van der Waals surface area contributed by atoms with Crippen LogP contribution in [0, 0.1) is 6.92 Å². The van der Waals surface area contributed by atoms with Gasteiger partial charge in [0.2, 0.25) is 5.91 Å². The number of rotatable bonds is 7. The molecule has 5 heteroatoms. The normalized spacial score (nSPS) is 10.2. The molecule has 0 saturated carbocycles. The van der Waals surface area contributed by atoms with E-state index in [0.717, 1.165) is 16.9 Å². The number of carbonyl (C=O) groups is 2. The smallest absolute Gasteiger partial charge is 0.335 e. The lowest BCUT2D eigenvalue weighted by molar-refractivity contribution is -0.121. The Labute approximate surface area is 141 Å². The zero-order chi connectivity index (χ0) is 17.5. The first-order valence-corrected chi connectivity index (χ1v) is 7.72. The first kappa shape index (κ1) is 17.5. The fourth-order valence-corrected chi connectivity index (χ4v) is 2.48. The quantitative estimate of drug-likeness (QED) is 0.820. The zero-order valence-electron chi connectivity index (χ0n) is 13.8. The molecule has 2 rings (SSSR count). The largest absolute Gasteiger partial charge is 0.496 e. The standard InChI is InChI=1S/C19H21NO4/c1-13-7-8-15(17(11-13)24-2)12-20-18(21)10-9-14-5-3-4-6-16(14)19(22)23/h3-8,11H,9-10,12H2,1-2H3,(H,20,21)(H,22,23). The van der Waals surface area contributed by atoms with Crippen molar-refractivity contribution < 1.29 is 19.4 Å². The van der Waals surface area contributed by atoms with Crippen molar-refractivity contribution >= 4 is 11.9 Å². The van der Waals surface area contributed by atoms with E-state index in [-0.39, 0.29) is 17.9 Å². The fraction of sp³-hybridized carbons (Fsp3) is 0.263. The van der Waals surface area contributed by atoms with Gasteiger partial charge >= 0.3 is 5.97 Å². The van der Waals surface area contributed by atoms with E-state index in [1.54, 1.807) is 31.4 Å². The van der Waals surface area contributed by atoms with Gasteiger partial charge in [-0.05, 0) is 36.6 Å². The van der Waals surface area contributed by atoms with Crippen molar-refractivity contribution in [2.24, 2.45) is 0 Å². The summed E-state index contributed by atoms with van der Waals surface area (Å²) in [5.74, 6) is -0.361. The molecule has 0 aromatic heterocycles. The average Bonchev–Trinajstić information content (AvgIpc) is 2.58. The highest BCUT2D eigenvalue weighted by atomic mass is 16.5. The number of ether oxygens (including phenoxy) is 1. The van der Waals surface area contributed by atoms with Crippen LogP contribution in [0.5, 0.6) is 5.75 Å². The summed E-state index contributed by atoms with van der Waals surface area (Å²) in [6.45, 7) is 2.35. The number of carbonyl (C=O) groups excluding carboxylic acids is 1. The Bertz CT molecular complexity index is 740. The van der Waals surface area contributed by atoms with Gasteiger partial charge in [-0.3, -0.25) is 4.79 Å². The predicted octanol–water partition coefficient (Wildman–Crippen LogP) is 2.95. The number of amides is 1. The maximum Gasteiger partial charge on any atom is 0.335 e. The molecule has 0 bridgehead atoms. The number of carboxylic acid groups (broad SMARTS) is 1. The van der Waals surface area contributed by atoms with E-state index >= 15 is 0 Å². The van der Waals surface area contributed by atoms with Gasteiger partial charge in [0, 0.05) is 18.5 Å². The van der Waals surface area contributed by atoms with Crippen LogP contribution >= 0.6 is 0 Å². The van der Waals surface area contributed by atoms with Gasteiger partial charge in [0.25, 0.3) is 0 Å². The van der Waals surface area contributed by atoms with Gasteiger partial charge in [-0.25, -0.2) is 4.79 Å². The maximum absolute atomic E-state index is 12.0. The summed E-state index contributed by atoms with van der Waals surface area (Å²) in [5.41, 5.74) is 2.90. The fourth-order valence-electron chi connectivity index (χ4n) is 2.48. The van der Waals surface area contributed by atoms with Gasteiger partial charge in [-0.1, -0.05) is 30.3 Å². The second kappa shape index (κ2) is 8.15. The molecule has 0 unspecified atom stereocenters. The van der Waals surface area contributed by atoms with E-state index in [2.05, 4.69) is 5.32 Å². The number of nitrogens with one attached hydrogen (secondary N) is 1. The van der Waals surface area contributed by atoms with Gasteiger partial charge in [0.1, 0.15) is 5.75 Å². The third kappa shape index (κ3) is 4.59. The minimum absolute atomic E-state index is 0.127. The number of carboxylic acids is 1. The first-order valence-electron chi connectivity index (χ1n) is 7.72. The lowest BCUT2D eigenvalue weighted by Gasteiger charge is -2.11. The maximum atomic E-state index is 12.0. The monoisotopic (exact) mass is 327 g/mol. The number of benzene rings is 2. The Morgan fingerprint density at radius 2 is 1.88 bits per heavy atom. The van der Waals surface area contributed by atoms with Gasteiger partial charge in [-0.15, -0.1) is 0 Å². The van der Waals surface area contributed by atoms with E-state index in [0.29, 0.717) is 18.5 Å². The van der Waals surface area contributed by atoms with E-state index in [4.69, 9.17) is 9.84 Å². The SMILES string of the molecule is COc1cc(C)ccc1CNC(=O)CCc1ccccc1C(=O)O. The second-order valence-electron chi connectivity index (χ2n) is 5.55. The van der Waals surface area contributed by atoms with E-state index in [1.165, 1.54) is 0 Å². The molecule has 5 nitrogen and oxygen atoms in total. The molecule has 0 aliphatic heterocycles. The third-order valence-electron chi connectivity index (χ3n) is 3.79. The molecule has 0 spiro atoms. The van der Waals surface area contributed by atoms with Gasteiger partial charge in [-0.2, -0.15) is 0 Å². The number of hydrogen-bond acceptors (Lipinski definition) is 3. The van der Waals surface area contributed by atoms with Crippen molar-refractivity contribution in [3.05, 3.63) is 64.7 Å². The van der Waals surface area contributed by atoms with Crippen LogP contribution in [0.2, 0.25) is 0 Å². The van der Waals surface area contributed by atoms with Crippen LogP contribution in [0.3, 0.4) is 0 Å². The van der Waals surface area contributed by atoms with E-state index in [9.17, 15) is 9.59 Å². The lowest BCUT2D eigenvalue weighted by Crippen LogP contribution is -2.23. The Morgan fingerprint density at radius 1 is 1.12 bits per heavy atom. The summed E-state index contributed by atoms with van der Waals surface area (Å²) in [5, 5.41) is 12.0. The topological polar surface area (TPSA) is 75.6 Å². The van der Waals surface area contributed by atoms with Gasteiger partial charge in [0.05, 0.1) is 12.7 Å². The molecule has 126 valence electrons. The number of methoxy groups -OCH3 is 1. The Balaban J connectivity index is 1.92. The van der Waals surface area contributed by atoms with Crippen molar-refractivity contribution in [1.82, 2.24) is 5.32 Å². The van der Waals surface area contributed by atoms with Crippen LogP contribution in [0.15, 0.2) is 42.5 Å². The minimum atomic E-state index is -0.976. The Morgan fingerprint density at radius 3 is 2.58 bits per heavy atom. The number of hydrogen-bond donors (Lipinski definition) is 2. The Kier molecular flexibility index (Phi) is 5.95. The molecule has 0 heterocycles. The van der Waals surface area contributed by atoms with Crippen molar-refractivity contribution in [2.45, 2.75) is 26.3 Å². The van der Waals surface area contributed by atoms with Gasteiger partial charge in [0.15, 0.2) is 0 Å². The highest BCUT2D eigenvalue weighted by molar-refractivity contribution is 5.89. The van der Waals surface area contributed by atoms with Crippen LogP contribution in [0.1, 0.15) is 33.5 Å². The van der Waals surface area contributed by atoms with Crippen LogP contribution in [0.25, 0.3) is 0 Å². The molecular weight excluding hydrogens is 306 g/mol.